The second kappa shape index (κ2) is 9.89. The Balaban J connectivity index is 1.92. The highest BCUT2D eigenvalue weighted by molar-refractivity contribution is 6.99. The van der Waals surface area contributed by atoms with Crippen molar-refractivity contribution in [2.75, 3.05) is 5.32 Å². The van der Waals surface area contributed by atoms with E-state index in [-0.39, 0.29) is 5.04 Å². The number of hydrogen-bond acceptors (Lipinski definition) is 4. The number of pyridine rings is 1. The molecule has 3 rings (SSSR count). The maximum absolute atomic E-state index is 12.2. The molecule has 6 heteroatoms. The number of amides is 1. The fraction of sp³-hybridized carbons (Fsp3) is 0.333. The molecule has 0 radical (unpaired) electrons. The number of ether oxygens (including phenoxy) is 1. The van der Waals surface area contributed by atoms with Gasteiger partial charge >= 0.3 is 6.09 Å². The minimum absolute atomic E-state index is 0.123. The van der Waals surface area contributed by atoms with Crippen LogP contribution in [0.1, 0.15) is 47.2 Å². The predicted octanol–water partition coefficient (Wildman–Crippen LogP) is 5.51. The van der Waals surface area contributed by atoms with Crippen LogP contribution in [0.4, 0.5) is 10.6 Å². The third kappa shape index (κ3) is 6.09. The molecular weight excluding hydrogens is 428 g/mol. The third-order valence-corrected chi connectivity index (χ3v) is 10.3. The van der Waals surface area contributed by atoms with Crippen molar-refractivity contribution >= 4 is 30.6 Å². The van der Waals surface area contributed by atoms with E-state index in [1.807, 2.05) is 45.0 Å². The van der Waals surface area contributed by atoms with Gasteiger partial charge in [-0.1, -0.05) is 87.5 Å². The first-order valence-corrected chi connectivity index (χ1v) is 13.1. The standard InChI is InChI=1S/C27H34N2O3Si/c1-26(2,3)32-25(30)29-24-19-13-14-21(28-24)20-31-33(27(4,5)6,22-15-9-7-10-16-22)23-17-11-8-12-18-23/h7-19H,20H2,1-6H3,(H,28,29,30). The molecule has 0 saturated heterocycles. The summed E-state index contributed by atoms with van der Waals surface area (Å²) in [7, 11) is -2.67. The topological polar surface area (TPSA) is 60.5 Å². The number of carbonyl (C=O) groups excluding carboxylic acids is 1. The quantitative estimate of drug-likeness (QED) is 0.491. The van der Waals surface area contributed by atoms with Crippen LogP contribution in [0.2, 0.25) is 5.04 Å². The lowest BCUT2D eigenvalue weighted by atomic mass is 10.2. The molecule has 1 N–H and O–H groups in total. The first kappa shape index (κ1) is 24.7. The Morgan fingerprint density at radius 2 is 1.36 bits per heavy atom. The minimum atomic E-state index is -2.67. The van der Waals surface area contributed by atoms with Crippen LogP contribution in [0.3, 0.4) is 0 Å². The van der Waals surface area contributed by atoms with E-state index in [4.69, 9.17) is 9.16 Å². The predicted molar refractivity (Wildman–Crippen MR) is 137 cm³/mol. The van der Waals surface area contributed by atoms with Gasteiger partial charge in [0.15, 0.2) is 0 Å². The molecule has 0 aliphatic heterocycles. The highest BCUT2D eigenvalue weighted by Gasteiger charge is 2.50. The second-order valence-corrected chi connectivity index (χ2v) is 14.4. The van der Waals surface area contributed by atoms with Gasteiger partial charge in [-0.25, -0.2) is 9.78 Å². The van der Waals surface area contributed by atoms with Crippen molar-refractivity contribution in [2.24, 2.45) is 0 Å². The summed E-state index contributed by atoms with van der Waals surface area (Å²) in [5.41, 5.74) is 0.171. The molecule has 33 heavy (non-hydrogen) atoms. The molecule has 0 aliphatic rings. The Morgan fingerprint density at radius 1 is 0.818 bits per heavy atom. The molecule has 0 spiro atoms. The van der Waals surface area contributed by atoms with Crippen molar-refractivity contribution in [3.63, 3.8) is 0 Å². The normalized spacial score (nSPS) is 12.3. The Hall–Kier alpha value is -2.96. The van der Waals surface area contributed by atoms with Crippen molar-refractivity contribution in [3.05, 3.63) is 84.6 Å². The van der Waals surface area contributed by atoms with Crippen LogP contribution in [-0.4, -0.2) is 25.0 Å². The molecule has 2 aromatic carbocycles. The van der Waals surface area contributed by atoms with E-state index in [2.05, 4.69) is 79.6 Å². The van der Waals surface area contributed by atoms with E-state index in [0.717, 1.165) is 5.69 Å². The first-order chi connectivity index (χ1) is 15.5. The lowest BCUT2D eigenvalue weighted by Gasteiger charge is -2.43. The molecule has 0 saturated carbocycles. The van der Waals surface area contributed by atoms with Crippen molar-refractivity contribution in [1.29, 1.82) is 0 Å². The molecule has 1 amide bonds. The molecule has 0 bridgehead atoms. The fourth-order valence-corrected chi connectivity index (χ4v) is 8.50. The summed E-state index contributed by atoms with van der Waals surface area (Å²) in [5, 5.41) is 5.02. The average molecular weight is 463 g/mol. The number of benzene rings is 2. The van der Waals surface area contributed by atoms with Gasteiger partial charge in [0.05, 0.1) is 12.3 Å². The molecule has 174 valence electrons. The number of nitrogens with one attached hydrogen (secondary N) is 1. The highest BCUT2D eigenvalue weighted by Crippen LogP contribution is 2.37. The number of anilines is 1. The van der Waals surface area contributed by atoms with E-state index in [1.165, 1.54) is 10.4 Å². The number of nitrogens with zero attached hydrogens (tertiary/aromatic N) is 1. The van der Waals surface area contributed by atoms with Crippen LogP contribution < -0.4 is 15.7 Å². The SMILES string of the molecule is CC(C)(C)OC(=O)Nc1cccc(CO[Si](c2ccccc2)(c2ccccc2)C(C)(C)C)n1. The van der Waals surface area contributed by atoms with Crippen LogP contribution in [0.25, 0.3) is 0 Å². The molecule has 0 fully saturated rings. The molecule has 3 aromatic rings. The van der Waals surface area contributed by atoms with Gasteiger partial charge in [-0.05, 0) is 48.3 Å². The van der Waals surface area contributed by atoms with E-state index in [9.17, 15) is 4.79 Å². The lowest BCUT2D eigenvalue weighted by Crippen LogP contribution is -2.66. The lowest BCUT2D eigenvalue weighted by molar-refractivity contribution is 0.0635. The summed E-state index contributed by atoms with van der Waals surface area (Å²) in [6.45, 7) is 12.5. The number of hydrogen-bond donors (Lipinski definition) is 1. The van der Waals surface area contributed by atoms with Crippen molar-refractivity contribution < 1.29 is 14.0 Å². The van der Waals surface area contributed by atoms with Crippen LogP contribution in [-0.2, 0) is 15.8 Å². The zero-order chi connectivity index (χ0) is 24.1. The Bertz CT molecular complexity index is 1020. The summed E-state index contributed by atoms with van der Waals surface area (Å²) in [4.78, 5) is 16.8. The van der Waals surface area contributed by atoms with E-state index < -0.39 is 20.0 Å². The summed E-state index contributed by atoms with van der Waals surface area (Å²) < 4.78 is 12.3. The highest BCUT2D eigenvalue weighted by atomic mass is 28.4. The van der Waals surface area contributed by atoms with Crippen LogP contribution in [0.15, 0.2) is 78.9 Å². The maximum Gasteiger partial charge on any atom is 0.413 e. The van der Waals surface area contributed by atoms with Gasteiger partial charge in [-0.3, -0.25) is 5.32 Å². The summed E-state index contributed by atoms with van der Waals surface area (Å²) in [6.07, 6.45) is -0.528. The molecule has 1 aromatic heterocycles. The van der Waals surface area contributed by atoms with Crippen molar-refractivity contribution in [3.8, 4) is 0 Å². The molecule has 0 atom stereocenters. The van der Waals surface area contributed by atoms with Crippen LogP contribution in [0.5, 0.6) is 0 Å². The van der Waals surface area contributed by atoms with Crippen LogP contribution in [0, 0.1) is 0 Å². The minimum Gasteiger partial charge on any atom is -0.444 e. The summed E-state index contributed by atoms with van der Waals surface area (Å²) >= 11 is 0. The van der Waals surface area contributed by atoms with Gasteiger partial charge in [0.1, 0.15) is 11.4 Å². The van der Waals surface area contributed by atoms with Gasteiger partial charge in [-0.2, -0.15) is 0 Å². The monoisotopic (exact) mass is 462 g/mol. The number of aromatic nitrogens is 1. The molecular formula is C27H34N2O3Si. The zero-order valence-corrected chi connectivity index (χ0v) is 21.4. The van der Waals surface area contributed by atoms with E-state index in [1.54, 1.807) is 6.07 Å². The van der Waals surface area contributed by atoms with Crippen molar-refractivity contribution in [2.45, 2.75) is 58.8 Å². The van der Waals surface area contributed by atoms with Gasteiger partial charge in [0.25, 0.3) is 8.32 Å². The largest absolute Gasteiger partial charge is 0.444 e. The molecule has 0 aliphatic carbocycles. The van der Waals surface area contributed by atoms with Crippen LogP contribution >= 0.6 is 0 Å². The Labute approximate surface area is 198 Å². The van der Waals surface area contributed by atoms with Gasteiger partial charge in [0.2, 0.25) is 0 Å². The van der Waals surface area contributed by atoms with Gasteiger partial charge < -0.3 is 9.16 Å². The molecule has 5 nitrogen and oxygen atoms in total. The Morgan fingerprint density at radius 3 is 1.85 bits per heavy atom. The van der Waals surface area contributed by atoms with Gasteiger partial charge in [0, 0.05) is 0 Å². The first-order valence-electron chi connectivity index (χ1n) is 11.2. The van der Waals surface area contributed by atoms with Gasteiger partial charge in [-0.15, -0.1) is 0 Å². The number of rotatable bonds is 6. The number of carbonyl (C=O) groups is 1. The summed E-state index contributed by atoms with van der Waals surface area (Å²) in [6, 6.07) is 26.5. The second-order valence-electron chi connectivity index (χ2n) is 10.1. The van der Waals surface area contributed by atoms with E-state index in [0.29, 0.717) is 12.4 Å². The summed E-state index contributed by atoms with van der Waals surface area (Å²) in [5.74, 6) is 0.438. The molecule has 1 heterocycles. The Kier molecular flexibility index (Phi) is 7.40. The fourth-order valence-electron chi connectivity index (χ4n) is 3.98. The smallest absolute Gasteiger partial charge is 0.413 e. The third-order valence-electron chi connectivity index (χ3n) is 5.29. The molecule has 0 unspecified atom stereocenters. The average Bonchev–Trinajstić information content (AvgIpc) is 2.74. The van der Waals surface area contributed by atoms with Crippen molar-refractivity contribution in [1.82, 2.24) is 4.98 Å². The zero-order valence-electron chi connectivity index (χ0n) is 20.4. The maximum atomic E-state index is 12.2. The van der Waals surface area contributed by atoms with E-state index >= 15 is 0 Å².